The third-order valence-electron chi connectivity index (χ3n) is 5.36. The van der Waals surface area contributed by atoms with Crippen LogP contribution in [0.1, 0.15) is 19.4 Å². The highest BCUT2D eigenvalue weighted by Gasteiger charge is 2.38. The first-order valence-electron chi connectivity index (χ1n) is 9.16. The molecule has 2 N–H and O–H groups in total. The largest absolute Gasteiger partial charge is 0.507 e. The molecule has 1 aliphatic heterocycles. The van der Waals surface area contributed by atoms with Gasteiger partial charge in [-0.05, 0) is 26.0 Å². The Morgan fingerprint density at radius 1 is 1.14 bits per heavy atom. The summed E-state index contributed by atoms with van der Waals surface area (Å²) < 4.78 is 22.3. The zero-order chi connectivity index (χ0) is 20.9. The summed E-state index contributed by atoms with van der Waals surface area (Å²) in [6.07, 6.45) is 0.679. The molecule has 1 unspecified atom stereocenters. The second kappa shape index (κ2) is 6.70. The number of rotatable bonds is 3. The molecule has 1 aliphatic rings. The standard InChI is InChI=1S/C22H22O7/c1-22(2)18(24)8-13-15(23)9-17-19(21(13)29-22)20(25)14(10-28-17)12-6-5-11(26-3)7-16(12)27-4/h5-7,9-10,18,23-24H,8H2,1-4H3. The minimum Gasteiger partial charge on any atom is -0.507 e. The minimum absolute atomic E-state index is 0.0834. The Morgan fingerprint density at radius 2 is 1.90 bits per heavy atom. The van der Waals surface area contributed by atoms with E-state index >= 15 is 0 Å². The first-order valence-corrected chi connectivity index (χ1v) is 9.16. The average Bonchev–Trinajstić information content (AvgIpc) is 2.69. The predicted molar refractivity (Wildman–Crippen MR) is 107 cm³/mol. The van der Waals surface area contributed by atoms with Crippen molar-refractivity contribution >= 4 is 11.0 Å². The molecule has 7 heteroatoms. The smallest absolute Gasteiger partial charge is 0.204 e. The lowest BCUT2D eigenvalue weighted by atomic mass is 9.89. The second-order valence-electron chi connectivity index (χ2n) is 7.55. The fraction of sp³-hybridized carbons (Fsp3) is 0.318. The van der Waals surface area contributed by atoms with Crippen molar-refractivity contribution in [2.75, 3.05) is 14.2 Å². The van der Waals surface area contributed by atoms with Gasteiger partial charge in [-0.1, -0.05) is 0 Å². The van der Waals surface area contributed by atoms with Crippen LogP contribution >= 0.6 is 0 Å². The molecule has 0 amide bonds. The monoisotopic (exact) mass is 398 g/mol. The van der Waals surface area contributed by atoms with E-state index in [9.17, 15) is 15.0 Å². The molecule has 0 radical (unpaired) electrons. The first kappa shape index (κ1) is 19.1. The van der Waals surface area contributed by atoms with Crippen molar-refractivity contribution in [3.8, 4) is 34.1 Å². The van der Waals surface area contributed by atoms with Crippen LogP contribution in [0.5, 0.6) is 23.0 Å². The third kappa shape index (κ3) is 2.98. The number of ether oxygens (including phenoxy) is 3. The van der Waals surface area contributed by atoms with Crippen molar-refractivity contribution < 1.29 is 28.8 Å². The molecule has 0 bridgehead atoms. The van der Waals surface area contributed by atoms with Gasteiger partial charge < -0.3 is 28.8 Å². The zero-order valence-corrected chi connectivity index (χ0v) is 16.6. The number of phenols is 1. The summed E-state index contributed by atoms with van der Waals surface area (Å²) in [5.74, 6) is 1.20. The van der Waals surface area contributed by atoms with Crippen LogP contribution in [0.4, 0.5) is 0 Å². The summed E-state index contributed by atoms with van der Waals surface area (Å²) in [5, 5.41) is 20.9. The molecular weight excluding hydrogens is 376 g/mol. The maximum Gasteiger partial charge on any atom is 0.204 e. The summed E-state index contributed by atoms with van der Waals surface area (Å²) in [4.78, 5) is 13.5. The fourth-order valence-electron chi connectivity index (χ4n) is 3.57. The Bertz CT molecular complexity index is 1160. The van der Waals surface area contributed by atoms with Gasteiger partial charge in [-0.2, -0.15) is 0 Å². The number of aliphatic hydroxyl groups is 1. The Balaban J connectivity index is 2.00. The molecule has 1 atom stereocenters. The van der Waals surface area contributed by atoms with Crippen LogP contribution in [0.15, 0.2) is 39.7 Å². The molecule has 152 valence electrons. The quantitative estimate of drug-likeness (QED) is 0.699. The number of methoxy groups -OCH3 is 2. The Kier molecular flexibility index (Phi) is 4.42. The van der Waals surface area contributed by atoms with Gasteiger partial charge in [0, 0.05) is 29.7 Å². The molecule has 2 heterocycles. The molecular formula is C22H22O7. The van der Waals surface area contributed by atoms with Crippen molar-refractivity contribution in [2.24, 2.45) is 0 Å². The molecule has 4 rings (SSSR count). The van der Waals surface area contributed by atoms with Crippen LogP contribution in [0.2, 0.25) is 0 Å². The van der Waals surface area contributed by atoms with E-state index in [0.29, 0.717) is 22.6 Å². The van der Waals surface area contributed by atoms with Gasteiger partial charge in [0.25, 0.3) is 0 Å². The fourth-order valence-corrected chi connectivity index (χ4v) is 3.57. The molecule has 0 saturated heterocycles. The van der Waals surface area contributed by atoms with Crippen molar-refractivity contribution in [3.63, 3.8) is 0 Å². The number of aromatic hydroxyl groups is 1. The number of phenolic OH excluding ortho intramolecular Hbond substituents is 1. The van der Waals surface area contributed by atoms with E-state index in [1.165, 1.54) is 19.4 Å². The molecule has 29 heavy (non-hydrogen) atoms. The van der Waals surface area contributed by atoms with E-state index in [2.05, 4.69) is 0 Å². The molecule has 1 aromatic heterocycles. The van der Waals surface area contributed by atoms with E-state index in [1.54, 1.807) is 39.2 Å². The van der Waals surface area contributed by atoms with Crippen molar-refractivity contribution in [1.29, 1.82) is 0 Å². The SMILES string of the molecule is COc1ccc(-c2coc3cc(O)c4c(c3c2=O)OC(C)(C)C(O)C4)c(OC)c1. The van der Waals surface area contributed by atoms with Crippen molar-refractivity contribution in [2.45, 2.75) is 32.0 Å². The molecule has 0 saturated carbocycles. The number of benzene rings is 2. The van der Waals surface area contributed by atoms with Gasteiger partial charge in [0.1, 0.15) is 45.8 Å². The highest BCUT2D eigenvalue weighted by molar-refractivity contribution is 5.91. The summed E-state index contributed by atoms with van der Waals surface area (Å²) in [6, 6.07) is 6.50. The van der Waals surface area contributed by atoms with Gasteiger partial charge in [0.05, 0.1) is 25.9 Å². The van der Waals surface area contributed by atoms with Gasteiger partial charge in [-0.3, -0.25) is 4.79 Å². The maximum atomic E-state index is 13.5. The number of aliphatic hydroxyl groups excluding tert-OH is 1. The lowest BCUT2D eigenvalue weighted by Crippen LogP contribution is -2.46. The summed E-state index contributed by atoms with van der Waals surface area (Å²) in [6.45, 7) is 3.46. The van der Waals surface area contributed by atoms with Crippen LogP contribution in [0.3, 0.4) is 0 Å². The second-order valence-corrected chi connectivity index (χ2v) is 7.55. The molecule has 0 fully saturated rings. The lowest BCUT2D eigenvalue weighted by Gasteiger charge is -2.37. The zero-order valence-electron chi connectivity index (χ0n) is 16.6. The van der Waals surface area contributed by atoms with Gasteiger partial charge in [0.2, 0.25) is 5.43 Å². The molecule has 3 aromatic rings. The van der Waals surface area contributed by atoms with E-state index < -0.39 is 11.7 Å². The first-order chi connectivity index (χ1) is 13.8. The minimum atomic E-state index is -0.923. The van der Waals surface area contributed by atoms with E-state index in [4.69, 9.17) is 18.6 Å². The summed E-state index contributed by atoms with van der Waals surface area (Å²) in [7, 11) is 3.05. The molecule has 7 nitrogen and oxygen atoms in total. The normalized spacial score (nSPS) is 17.5. The topological polar surface area (TPSA) is 98.4 Å². The van der Waals surface area contributed by atoms with Gasteiger partial charge in [-0.25, -0.2) is 0 Å². The Hall–Kier alpha value is -3.19. The molecule has 0 spiro atoms. The number of hydrogen-bond acceptors (Lipinski definition) is 7. The van der Waals surface area contributed by atoms with E-state index in [0.717, 1.165) is 0 Å². The van der Waals surface area contributed by atoms with Gasteiger partial charge >= 0.3 is 0 Å². The van der Waals surface area contributed by atoms with Crippen molar-refractivity contribution in [3.05, 3.63) is 46.3 Å². The number of fused-ring (bicyclic) bond motifs is 3. The van der Waals surface area contributed by atoms with Crippen LogP contribution in [-0.4, -0.2) is 36.1 Å². The maximum absolute atomic E-state index is 13.5. The highest BCUT2D eigenvalue weighted by atomic mass is 16.5. The van der Waals surface area contributed by atoms with Crippen LogP contribution in [0.25, 0.3) is 22.1 Å². The van der Waals surface area contributed by atoms with E-state index in [1.807, 2.05) is 0 Å². The van der Waals surface area contributed by atoms with Crippen LogP contribution in [0, 0.1) is 0 Å². The molecule has 0 aliphatic carbocycles. The molecule has 2 aromatic carbocycles. The van der Waals surface area contributed by atoms with Crippen LogP contribution < -0.4 is 19.6 Å². The van der Waals surface area contributed by atoms with E-state index in [-0.39, 0.29) is 39.9 Å². The Labute approximate surface area is 167 Å². The van der Waals surface area contributed by atoms with Crippen molar-refractivity contribution in [1.82, 2.24) is 0 Å². The lowest BCUT2D eigenvalue weighted by molar-refractivity contribution is -0.0406. The Morgan fingerprint density at radius 3 is 2.59 bits per heavy atom. The van der Waals surface area contributed by atoms with Gasteiger partial charge in [-0.15, -0.1) is 0 Å². The highest BCUT2D eigenvalue weighted by Crippen LogP contribution is 2.43. The van der Waals surface area contributed by atoms with Crippen LogP contribution in [-0.2, 0) is 6.42 Å². The average molecular weight is 398 g/mol. The van der Waals surface area contributed by atoms with Gasteiger partial charge in [0.15, 0.2) is 0 Å². The number of hydrogen-bond donors (Lipinski definition) is 2. The summed E-state index contributed by atoms with van der Waals surface area (Å²) >= 11 is 0. The summed E-state index contributed by atoms with van der Waals surface area (Å²) in [5.41, 5.74) is 0.176. The predicted octanol–water partition coefficient (Wildman–Crippen LogP) is 3.26. The third-order valence-corrected chi connectivity index (χ3v) is 5.36.